The molecule has 0 aromatic carbocycles. The molecule has 0 saturated heterocycles. The predicted octanol–water partition coefficient (Wildman–Crippen LogP) is 1.98. The Hall–Kier alpha value is -0.710. The van der Waals surface area contributed by atoms with E-state index in [-0.39, 0.29) is 6.42 Å². The highest BCUT2D eigenvalue weighted by molar-refractivity contribution is 8.01. The summed E-state index contributed by atoms with van der Waals surface area (Å²) in [6.45, 7) is 0. The number of hydrogen-bond donors (Lipinski definition) is 2. The van der Waals surface area contributed by atoms with Crippen molar-refractivity contribution in [3.63, 3.8) is 0 Å². The van der Waals surface area contributed by atoms with E-state index in [0.29, 0.717) is 5.25 Å². The van der Waals surface area contributed by atoms with Gasteiger partial charge >= 0.3 is 11.9 Å². The van der Waals surface area contributed by atoms with E-state index in [1.54, 1.807) is 0 Å². The Morgan fingerprint density at radius 3 is 2.27 bits per heavy atom. The molecule has 0 heterocycles. The molecule has 86 valence electrons. The van der Waals surface area contributed by atoms with Crippen LogP contribution in [0.2, 0.25) is 0 Å². The Labute approximate surface area is 93.1 Å². The molecule has 2 N–H and O–H groups in total. The molecule has 0 spiro atoms. The highest BCUT2D eigenvalue weighted by atomic mass is 32.2. The second-order valence-corrected chi connectivity index (χ2v) is 5.33. The lowest BCUT2D eigenvalue weighted by Gasteiger charge is -2.23. The Morgan fingerprint density at radius 1 is 1.20 bits per heavy atom. The summed E-state index contributed by atoms with van der Waals surface area (Å²) < 4.78 is 0. The molecule has 0 aliphatic heterocycles. The molecule has 1 fully saturated rings. The van der Waals surface area contributed by atoms with E-state index in [4.69, 9.17) is 10.2 Å². The molecule has 0 unspecified atom stereocenters. The number of carboxylic acids is 2. The van der Waals surface area contributed by atoms with Crippen LogP contribution >= 0.6 is 11.8 Å². The summed E-state index contributed by atoms with van der Waals surface area (Å²) in [5, 5.41) is 17.0. The van der Waals surface area contributed by atoms with E-state index in [1.807, 2.05) is 0 Å². The van der Waals surface area contributed by atoms with Gasteiger partial charge in [-0.05, 0) is 12.8 Å². The van der Waals surface area contributed by atoms with Crippen molar-refractivity contribution in [1.82, 2.24) is 0 Å². The number of hydrogen-bond acceptors (Lipinski definition) is 3. The van der Waals surface area contributed by atoms with Gasteiger partial charge < -0.3 is 10.2 Å². The maximum Gasteiger partial charge on any atom is 0.317 e. The minimum Gasteiger partial charge on any atom is -0.481 e. The summed E-state index contributed by atoms with van der Waals surface area (Å²) in [5.74, 6) is -2.04. The van der Waals surface area contributed by atoms with Gasteiger partial charge in [0.1, 0.15) is 5.25 Å². The van der Waals surface area contributed by atoms with E-state index >= 15 is 0 Å². The number of aliphatic carboxylic acids is 2. The van der Waals surface area contributed by atoms with Crippen molar-refractivity contribution in [2.24, 2.45) is 0 Å². The first-order chi connectivity index (χ1) is 7.09. The molecule has 1 aliphatic carbocycles. The summed E-state index contributed by atoms with van der Waals surface area (Å²) in [6.07, 6.45) is 5.25. The molecule has 1 aliphatic rings. The van der Waals surface area contributed by atoms with Crippen LogP contribution in [-0.2, 0) is 9.59 Å². The molecule has 0 amide bonds. The molecular weight excluding hydrogens is 216 g/mol. The van der Waals surface area contributed by atoms with E-state index in [9.17, 15) is 9.59 Å². The summed E-state index contributed by atoms with van der Waals surface area (Å²) in [6, 6.07) is 0. The van der Waals surface area contributed by atoms with Crippen LogP contribution in [0.5, 0.6) is 0 Å². The van der Waals surface area contributed by atoms with E-state index in [0.717, 1.165) is 25.7 Å². The molecule has 0 radical (unpaired) electrons. The number of carbonyl (C=O) groups is 2. The molecule has 0 aromatic rings. The quantitative estimate of drug-likeness (QED) is 0.758. The van der Waals surface area contributed by atoms with Gasteiger partial charge in [0, 0.05) is 5.25 Å². The lowest BCUT2D eigenvalue weighted by atomic mass is 10.0. The van der Waals surface area contributed by atoms with Gasteiger partial charge in [0.15, 0.2) is 0 Å². The minimum atomic E-state index is -1.04. The van der Waals surface area contributed by atoms with Crippen LogP contribution in [0.3, 0.4) is 0 Å². The fourth-order valence-electron chi connectivity index (χ4n) is 1.79. The zero-order valence-electron chi connectivity index (χ0n) is 8.52. The largest absolute Gasteiger partial charge is 0.481 e. The average molecular weight is 232 g/mol. The standard InChI is InChI=1S/C10H16O4S/c11-9(12)6-8(10(13)14)15-7-4-2-1-3-5-7/h7-8H,1-6H2,(H,11,12)(H,13,14)/t8-/m0/s1. The number of thioether (sulfide) groups is 1. The lowest BCUT2D eigenvalue weighted by Crippen LogP contribution is -2.24. The van der Waals surface area contributed by atoms with Gasteiger partial charge in [-0.2, -0.15) is 0 Å². The Balaban J connectivity index is 2.42. The van der Waals surface area contributed by atoms with Gasteiger partial charge in [-0.3, -0.25) is 9.59 Å². The van der Waals surface area contributed by atoms with Gasteiger partial charge in [-0.25, -0.2) is 0 Å². The molecule has 4 nitrogen and oxygen atoms in total. The highest BCUT2D eigenvalue weighted by Crippen LogP contribution is 2.32. The minimum absolute atomic E-state index is 0.281. The van der Waals surface area contributed by atoms with Crippen molar-refractivity contribution in [2.75, 3.05) is 0 Å². The monoisotopic (exact) mass is 232 g/mol. The van der Waals surface area contributed by atoms with Crippen molar-refractivity contribution >= 4 is 23.7 Å². The Morgan fingerprint density at radius 2 is 1.80 bits per heavy atom. The number of carboxylic acid groups (broad SMARTS) is 2. The van der Waals surface area contributed by atoms with Crippen molar-refractivity contribution in [2.45, 2.75) is 49.0 Å². The third-order valence-corrected chi connectivity index (χ3v) is 4.10. The first kappa shape index (κ1) is 12.4. The summed E-state index contributed by atoms with van der Waals surface area (Å²) in [7, 11) is 0. The molecular formula is C10H16O4S. The van der Waals surface area contributed by atoms with Crippen molar-refractivity contribution < 1.29 is 19.8 Å². The van der Waals surface area contributed by atoms with Crippen LogP contribution in [0.4, 0.5) is 0 Å². The maximum absolute atomic E-state index is 10.8. The van der Waals surface area contributed by atoms with Crippen LogP contribution in [0, 0.1) is 0 Å². The SMILES string of the molecule is O=C(O)C[C@H](SC1CCCCC1)C(=O)O. The average Bonchev–Trinajstić information content (AvgIpc) is 2.17. The normalized spacial score (nSPS) is 19.7. The molecule has 1 rings (SSSR count). The third-order valence-electron chi connectivity index (χ3n) is 2.54. The zero-order chi connectivity index (χ0) is 11.3. The van der Waals surface area contributed by atoms with E-state index < -0.39 is 17.2 Å². The first-order valence-electron chi connectivity index (χ1n) is 5.19. The molecule has 0 aromatic heterocycles. The predicted molar refractivity (Wildman–Crippen MR) is 58.1 cm³/mol. The second-order valence-electron chi connectivity index (χ2n) is 3.82. The van der Waals surface area contributed by atoms with Crippen molar-refractivity contribution in [1.29, 1.82) is 0 Å². The van der Waals surface area contributed by atoms with Gasteiger partial charge in [0.05, 0.1) is 6.42 Å². The van der Waals surface area contributed by atoms with Crippen molar-refractivity contribution in [3.05, 3.63) is 0 Å². The Kier molecular flexibility index (Phi) is 4.94. The van der Waals surface area contributed by atoms with Crippen molar-refractivity contribution in [3.8, 4) is 0 Å². The highest BCUT2D eigenvalue weighted by Gasteiger charge is 2.26. The van der Waals surface area contributed by atoms with Crippen LogP contribution in [-0.4, -0.2) is 32.7 Å². The smallest absolute Gasteiger partial charge is 0.317 e. The van der Waals surface area contributed by atoms with Crippen LogP contribution in [0.1, 0.15) is 38.5 Å². The van der Waals surface area contributed by atoms with Gasteiger partial charge in [0.25, 0.3) is 0 Å². The molecule has 1 saturated carbocycles. The van der Waals surface area contributed by atoms with Crippen LogP contribution < -0.4 is 0 Å². The first-order valence-corrected chi connectivity index (χ1v) is 6.14. The van der Waals surface area contributed by atoms with E-state index in [2.05, 4.69) is 0 Å². The fourth-order valence-corrected chi connectivity index (χ4v) is 3.21. The van der Waals surface area contributed by atoms with Gasteiger partial charge in [-0.15, -0.1) is 11.8 Å². The second kappa shape index (κ2) is 6.00. The molecule has 15 heavy (non-hydrogen) atoms. The topological polar surface area (TPSA) is 74.6 Å². The summed E-state index contributed by atoms with van der Waals surface area (Å²) in [4.78, 5) is 21.3. The van der Waals surface area contributed by atoms with Crippen LogP contribution in [0.25, 0.3) is 0 Å². The molecule has 0 bridgehead atoms. The van der Waals surface area contributed by atoms with Crippen LogP contribution in [0.15, 0.2) is 0 Å². The Bertz CT molecular complexity index is 236. The fraction of sp³-hybridized carbons (Fsp3) is 0.800. The molecule has 1 atom stereocenters. The van der Waals surface area contributed by atoms with Gasteiger partial charge in [-0.1, -0.05) is 19.3 Å². The number of rotatable bonds is 5. The lowest BCUT2D eigenvalue weighted by molar-refractivity contribution is -0.142. The maximum atomic E-state index is 10.8. The van der Waals surface area contributed by atoms with E-state index in [1.165, 1.54) is 18.2 Å². The third kappa shape index (κ3) is 4.55. The molecule has 5 heteroatoms. The van der Waals surface area contributed by atoms with Gasteiger partial charge in [0.2, 0.25) is 0 Å². The zero-order valence-corrected chi connectivity index (χ0v) is 9.33. The summed E-state index contributed by atoms with van der Waals surface area (Å²) in [5.41, 5.74) is 0. The summed E-state index contributed by atoms with van der Waals surface area (Å²) >= 11 is 1.32.